The van der Waals surface area contributed by atoms with Crippen LogP contribution >= 0.6 is 0 Å². The Labute approximate surface area is 231 Å². The highest BCUT2D eigenvalue weighted by Gasteiger charge is 2.44. The molecule has 3 aliphatic carbocycles. The number of hydrazine groups is 1. The lowest BCUT2D eigenvalue weighted by Crippen LogP contribution is -2.58. The summed E-state index contributed by atoms with van der Waals surface area (Å²) in [5, 5.41) is 9.30. The lowest BCUT2D eigenvalue weighted by molar-refractivity contribution is -0.0658. The van der Waals surface area contributed by atoms with Gasteiger partial charge in [-0.3, -0.25) is 4.90 Å². The summed E-state index contributed by atoms with van der Waals surface area (Å²) in [5.41, 5.74) is 3.98. The number of nitrogens with zero attached hydrogens (tertiary/aromatic N) is 2. The van der Waals surface area contributed by atoms with Gasteiger partial charge in [-0.05, 0) is 62.2 Å². The molecule has 2 aliphatic heterocycles. The fourth-order valence-corrected chi connectivity index (χ4v) is 7.88. The Morgan fingerprint density at radius 3 is 2.37 bits per heavy atom. The van der Waals surface area contributed by atoms with Crippen LogP contribution in [0.15, 0.2) is 0 Å². The molecule has 3 N–H and O–H groups in total. The van der Waals surface area contributed by atoms with Crippen LogP contribution in [0.25, 0.3) is 0 Å². The van der Waals surface area contributed by atoms with Gasteiger partial charge in [-0.1, -0.05) is 52.9 Å². The van der Waals surface area contributed by atoms with Gasteiger partial charge in [-0.25, -0.2) is 15.2 Å². The van der Waals surface area contributed by atoms with Gasteiger partial charge in [0, 0.05) is 37.8 Å². The summed E-state index contributed by atoms with van der Waals surface area (Å²) in [6.07, 6.45) is 14.8. The van der Waals surface area contributed by atoms with E-state index in [1.807, 2.05) is 0 Å². The van der Waals surface area contributed by atoms with Gasteiger partial charge < -0.3 is 20.1 Å². The van der Waals surface area contributed by atoms with Crippen LogP contribution in [-0.2, 0) is 9.47 Å². The molecule has 5 rings (SSSR count). The Balaban J connectivity index is 1.14. The Kier molecular flexibility index (Phi) is 9.90. The van der Waals surface area contributed by atoms with Crippen molar-refractivity contribution in [3.05, 3.63) is 0 Å². The maximum absolute atomic E-state index is 13.4. The van der Waals surface area contributed by atoms with Crippen molar-refractivity contribution >= 4 is 6.03 Å². The molecule has 2 heterocycles. The van der Waals surface area contributed by atoms with Crippen LogP contribution in [0.3, 0.4) is 0 Å². The Morgan fingerprint density at radius 1 is 0.921 bits per heavy atom. The van der Waals surface area contributed by atoms with Gasteiger partial charge in [-0.2, -0.15) is 0 Å². The average Bonchev–Trinajstić information content (AvgIpc) is 3.35. The molecule has 5 fully saturated rings. The fourth-order valence-electron chi connectivity index (χ4n) is 7.88. The van der Waals surface area contributed by atoms with Crippen LogP contribution in [0.1, 0.15) is 97.8 Å². The molecular formula is C30H55N5O3. The second-order valence-electron chi connectivity index (χ2n) is 13.8. The predicted molar refractivity (Wildman–Crippen MR) is 151 cm³/mol. The van der Waals surface area contributed by atoms with Crippen molar-refractivity contribution in [3.63, 3.8) is 0 Å². The molecular weight excluding hydrogens is 478 g/mol. The number of urea groups is 1. The smallest absolute Gasteiger partial charge is 0.316 e. The van der Waals surface area contributed by atoms with E-state index in [4.69, 9.17) is 9.47 Å². The quantitative estimate of drug-likeness (QED) is 0.454. The van der Waals surface area contributed by atoms with Crippen molar-refractivity contribution in [2.45, 2.75) is 128 Å². The molecule has 38 heavy (non-hydrogen) atoms. The van der Waals surface area contributed by atoms with Crippen LogP contribution in [0.2, 0.25) is 0 Å². The number of hydrogen-bond acceptors (Lipinski definition) is 6. The van der Waals surface area contributed by atoms with Gasteiger partial charge >= 0.3 is 6.03 Å². The first-order valence-electron chi connectivity index (χ1n) is 15.9. The topological polar surface area (TPSA) is 78.1 Å². The summed E-state index contributed by atoms with van der Waals surface area (Å²) in [7, 11) is 0. The largest absolute Gasteiger partial charge is 0.379 e. The predicted octanol–water partition coefficient (Wildman–Crippen LogP) is 4.26. The van der Waals surface area contributed by atoms with Crippen molar-refractivity contribution in [1.29, 1.82) is 0 Å². The number of nitrogens with one attached hydrogen (secondary N) is 3. The highest BCUT2D eigenvalue weighted by atomic mass is 16.5. The van der Waals surface area contributed by atoms with E-state index in [2.05, 4.69) is 46.7 Å². The number of carbonyl (C=O) groups excluding carboxylic acids is 1. The Morgan fingerprint density at radius 2 is 1.63 bits per heavy atom. The van der Waals surface area contributed by atoms with Crippen molar-refractivity contribution in [2.75, 3.05) is 39.5 Å². The first-order chi connectivity index (χ1) is 18.4. The minimum atomic E-state index is 0.0215. The number of carbonyl (C=O) groups is 1. The Hall–Kier alpha value is -0.930. The van der Waals surface area contributed by atoms with Gasteiger partial charge in [0.25, 0.3) is 0 Å². The first-order valence-corrected chi connectivity index (χ1v) is 15.9. The Bertz CT molecular complexity index is 749. The second-order valence-corrected chi connectivity index (χ2v) is 13.8. The number of morpholine rings is 1. The normalized spacial score (nSPS) is 36.1. The maximum Gasteiger partial charge on any atom is 0.316 e. The summed E-state index contributed by atoms with van der Waals surface area (Å²) in [6.45, 7) is 12.5. The van der Waals surface area contributed by atoms with E-state index >= 15 is 0 Å². The molecule has 0 aromatic heterocycles. The number of fused-ring (bicyclic) bond motifs is 1. The van der Waals surface area contributed by atoms with Crippen molar-refractivity contribution < 1.29 is 14.3 Å². The van der Waals surface area contributed by atoms with Gasteiger partial charge in [0.15, 0.2) is 0 Å². The third kappa shape index (κ3) is 7.22. The molecule has 6 unspecified atom stereocenters. The molecule has 2 saturated heterocycles. The molecule has 8 heteroatoms. The molecule has 6 atom stereocenters. The monoisotopic (exact) mass is 533 g/mol. The van der Waals surface area contributed by atoms with E-state index in [0.29, 0.717) is 30.0 Å². The van der Waals surface area contributed by atoms with Crippen LogP contribution in [-0.4, -0.2) is 85.8 Å². The highest BCUT2D eigenvalue weighted by molar-refractivity contribution is 5.74. The van der Waals surface area contributed by atoms with Gasteiger partial charge in [-0.15, -0.1) is 0 Å². The van der Waals surface area contributed by atoms with Crippen LogP contribution in [0, 0.1) is 17.3 Å². The standard InChI is InChI=1S/C30H55N5O3/c1-30(2,3)27-21-28(35(33-27)22-9-5-4-6-10-22)32-29(36)31-25-13-14-26(24-12-8-7-11-23(24)25)38-20-17-34-15-18-37-19-16-34/h22-28,33H,4-21H2,1-3H3,(H2,31,32,36). The third-order valence-electron chi connectivity index (χ3n) is 10.2. The van der Waals surface area contributed by atoms with Crippen molar-refractivity contribution in [1.82, 2.24) is 26.0 Å². The number of ether oxygens (including phenoxy) is 2. The summed E-state index contributed by atoms with van der Waals surface area (Å²) >= 11 is 0. The average molecular weight is 534 g/mol. The van der Waals surface area contributed by atoms with E-state index in [1.54, 1.807) is 0 Å². The number of amides is 2. The third-order valence-corrected chi connectivity index (χ3v) is 10.2. The molecule has 0 spiro atoms. The molecule has 0 radical (unpaired) electrons. The summed E-state index contributed by atoms with van der Waals surface area (Å²) in [5.74, 6) is 1.11. The van der Waals surface area contributed by atoms with Crippen molar-refractivity contribution in [3.8, 4) is 0 Å². The molecule has 8 nitrogen and oxygen atoms in total. The zero-order chi connectivity index (χ0) is 26.5. The summed E-state index contributed by atoms with van der Waals surface area (Å²) in [6, 6.07) is 1.18. The van der Waals surface area contributed by atoms with Gasteiger partial charge in [0.2, 0.25) is 0 Å². The fraction of sp³-hybridized carbons (Fsp3) is 0.967. The van der Waals surface area contributed by atoms with Crippen LogP contribution < -0.4 is 16.1 Å². The zero-order valence-electron chi connectivity index (χ0n) is 24.4. The SMILES string of the molecule is CC(C)(C)C1CC(NC(=O)NC2CCC(OCCN3CCOCC3)C3CCCCC23)N(C2CCCCC2)N1. The molecule has 0 aromatic rings. The maximum atomic E-state index is 13.4. The molecule has 3 saturated carbocycles. The van der Waals surface area contributed by atoms with E-state index in [-0.39, 0.29) is 23.7 Å². The minimum absolute atomic E-state index is 0.0215. The summed E-state index contributed by atoms with van der Waals surface area (Å²) in [4.78, 5) is 15.9. The number of hydrogen-bond donors (Lipinski definition) is 3. The van der Waals surface area contributed by atoms with Crippen LogP contribution in [0.4, 0.5) is 4.79 Å². The molecule has 0 bridgehead atoms. The van der Waals surface area contributed by atoms with E-state index in [1.165, 1.54) is 57.8 Å². The molecule has 2 amide bonds. The van der Waals surface area contributed by atoms with E-state index in [0.717, 1.165) is 58.7 Å². The van der Waals surface area contributed by atoms with E-state index in [9.17, 15) is 4.79 Å². The zero-order valence-corrected chi connectivity index (χ0v) is 24.4. The minimum Gasteiger partial charge on any atom is -0.379 e. The van der Waals surface area contributed by atoms with Gasteiger partial charge in [0.05, 0.1) is 32.1 Å². The molecule has 5 aliphatic rings. The first kappa shape index (κ1) is 28.6. The second kappa shape index (κ2) is 13.2. The lowest BCUT2D eigenvalue weighted by Gasteiger charge is -2.46. The number of rotatable bonds is 7. The van der Waals surface area contributed by atoms with Crippen LogP contribution in [0.5, 0.6) is 0 Å². The summed E-state index contributed by atoms with van der Waals surface area (Å²) < 4.78 is 12.0. The van der Waals surface area contributed by atoms with Crippen molar-refractivity contribution in [2.24, 2.45) is 17.3 Å². The van der Waals surface area contributed by atoms with Gasteiger partial charge in [0.1, 0.15) is 0 Å². The highest BCUT2D eigenvalue weighted by Crippen LogP contribution is 2.42. The molecule has 0 aromatic carbocycles. The lowest BCUT2D eigenvalue weighted by atomic mass is 9.67. The van der Waals surface area contributed by atoms with E-state index < -0.39 is 0 Å². The molecule has 218 valence electrons.